The Labute approximate surface area is 116 Å². The number of anilines is 1. The molecule has 0 unspecified atom stereocenters. The van der Waals surface area contributed by atoms with Gasteiger partial charge in [0.1, 0.15) is 0 Å². The first kappa shape index (κ1) is 13.9. The van der Waals surface area contributed by atoms with E-state index in [0.29, 0.717) is 10.6 Å². The van der Waals surface area contributed by atoms with Crippen LogP contribution in [0.4, 0.5) is 5.69 Å². The van der Waals surface area contributed by atoms with Crippen LogP contribution < -0.4 is 22.6 Å². The number of amides is 1. The largest absolute Gasteiger partial charge is 0.398 e. The third-order valence-electron chi connectivity index (χ3n) is 2.45. The number of H-pyrrole nitrogens is 1. The molecule has 2 rings (SSSR count). The van der Waals surface area contributed by atoms with Crippen LogP contribution in [0, 0.1) is 0 Å². The summed E-state index contributed by atoms with van der Waals surface area (Å²) in [5.74, 6) is -0.588. The zero-order valence-electron chi connectivity index (χ0n) is 10.4. The first-order valence-electron chi connectivity index (χ1n) is 5.43. The summed E-state index contributed by atoms with van der Waals surface area (Å²) in [5, 5.41) is 2.56. The Morgan fingerprint density at radius 3 is 2.75 bits per heavy atom. The third kappa shape index (κ3) is 2.72. The number of aromatic amines is 1. The van der Waals surface area contributed by atoms with Crippen LogP contribution in [0.3, 0.4) is 0 Å². The van der Waals surface area contributed by atoms with Crippen molar-refractivity contribution >= 4 is 23.4 Å². The lowest BCUT2D eigenvalue weighted by atomic mass is 10.2. The summed E-state index contributed by atoms with van der Waals surface area (Å²) < 4.78 is 1.30. The Balaban J connectivity index is 2.47. The Morgan fingerprint density at radius 2 is 2.10 bits per heavy atom. The molecule has 20 heavy (non-hydrogen) atoms. The van der Waals surface area contributed by atoms with Crippen molar-refractivity contribution in [3.8, 4) is 0 Å². The van der Waals surface area contributed by atoms with Crippen LogP contribution in [0.5, 0.6) is 0 Å². The minimum absolute atomic E-state index is 0.239. The third-order valence-corrected chi connectivity index (χ3v) is 3.57. The Hall–Kier alpha value is -2.55. The van der Waals surface area contributed by atoms with E-state index in [4.69, 9.17) is 11.5 Å². The van der Waals surface area contributed by atoms with Crippen molar-refractivity contribution in [3.05, 3.63) is 44.5 Å². The van der Waals surface area contributed by atoms with Crippen LogP contribution >= 0.6 is 11.8 Å². The molecule has 0 aliphatic rings. The molecule has 2 aromatic rings. The SMILES string of the molecule is Cn1[nH]c(=O)c(=O)nc1Sc1cc(C(N)=O)ccc1N. The molecule has 0 aliphatic carbocycles. The number of nitrogen functional groups attached to an aromatic ring is 1. The second-order valence-electron chi connectivity index (χ2n) is 3.92. The number of primary amides is 1. The van der Waals surface area contributed by atoms with Gasteiger partial charge in [-0.25, -0.2) is 0 Å². The number of benzene rings is 1. The van der Waals surface area contributed by atoms with Crippen molar-refractivity contribution in [3.63, 3.8) is 0 Å². The molecule has 1 heterocycles. The fourth-order valence-corrected chi connectivity index (χ4v) is 2.31. The summed E-state index contributed by atoms with van der Waals surface area (Å²) in [6, 6.07) is 4.53. The van der Waals surface area contributed by atoms with E-state index in [1.165, 1.54) is 29.9 Å². The van der Waals surface area contributed by atoms with Gasteiger partial charge in [0.15, 0.2) is 5.16 Å². The van der Waals surface area contributed by atoms with Crippen molar-refractivity contribution in [2.24, 2.45) is 12.8 Å². The van der Waals surface area contributed by atoms with E-state index in [0.717, 1.165) is 11.8 Å². The predicted octanol–water partition coefficient (Wildman–Crippen LogP) is -0.699. The number of nitrogens with one attached hydrogen (secondary N) is 1. The van der Waals surface area contributed by atoms with Crippen LogP contribution in [0.25, 0.3) is 0 Å². The number of aryl methyl sites for hydroxylation is 1. The van der Waals surface area contributed by atoms with Crippen LogP contribution in [0.1, 0.15) is 10.4 Å². The molecule has 0 saturated heterocycles. The van der Waals surface area contributed by atoms with E-state index in [9.17, 15) is 14.4 Å². The fraction of sp³-hybridized carbons (Fsp3) is 0.0909. The molecule has 1 aromatic carbocycles. The predicted molar refractivity (Wildman–Crippen MR) is 73.6 cm³/mol. The first-order chi connectivity index (χ1) is 9.38. The highest BCUT2D eigenvalue weighted by atomic mass is 32.2. The lowest BCUT2D eigenvalue weighted by molar-refractivity contribution is 0.1000. The van der Waals surface area contributed by atoms with Gasteiger partial charge < -0.3 is 11.5 Å². The van der Waals surface area contributed by atoms with E-state index in [1.807, 2.05) is 0 Å². The van der Waals surface area contributed by atoms with Gasteiger partial charge in [0.05, 0.1) is 0 Å². The molecule has 5 N–H and O–H groups in total. The number of nitrogens with zero attached hydrogens (tertiary/aromatic N) is 2. The Bertz CT molecular complexity index is 795. The minimum atomic E-state index is -0.893. The molecule has 0 radical (unpaired) electrons. The van der Waals surface area contributed by atoms with Crippen molar-refractivity contribution in [1.82, 2.24) is 14.8 Å². The standard InChI is InChI=1S/C11H11N5O3S/c1-16-11(14-9(18)10(19)15-16)20-7-4-5(8(13)17)2-3-6(7)12/h2-4H,12H2,1H3,(H2,13,17)(H,15,19). The maximum atomic E-state index is 11.3. The van der Waals surface area contributed by atoms with Gasteiger partial charge in [-0.15, -0.1) is 0 Å². The van der Waals surface area contributed by atoms with E-state index >= 15 is 0 Å². The molecule has 0 saturated carbocycles. The highest BCUT2D eigenvalue weighted by Gasteiger charge is 2.11. The summed E-state index contributed by atoms with van der Waals surface area (Å²) in [7, 11) is 1.53. The number of carbonyl (C=O) groups is 1. The maximum absolute atomic E-state index is 11.3. The van der Waals surface area contributed by atoms with Crippen LogP contribution in [0.2, 0.25) is 0 Å². The maximum Gasteiger partial charge on any atom is 0.339 e. The van der Waals surface area contributed by atoms with Gasteiger partial charge in [0, 0.05) is 23.2 Å². The lowest BCUT2D eigenvalue weighted by Crippen LogP contribution is -2.33. The van der Waals surface area contributed by atoms with Crippen molar-refractivity contribution in [2.45, 2.75) is 10.1 Å². The van der Waals surface area contributed by atoms with E-state index in [-0.39, 0.29) is 10.7 Å². The summed E-state index contributed by atoms with van der Waals surface area (Å²) >= 11 is 1.04. The molecule has 1 amide bonds. The van der Waals surface area contributed by atoms with Crippen molar-refractivity contribution in [2.75, 3.05) is 5.73 Å². The number of carbonyl (C=O) groups excluding carboxylic acids is 1. The van der Waals surface area contributed by atoms with Gasteiger partial charge in [0.25, 0.3) is 0 Å². The Kier molecular flexibility index (Phi) is 3.61. The number of hydrogen-bond acceptors (Lipinski definition) is 6. The average Bonchev–Trinajstić information content (AvgIpc) is 2.38. The number of hydrogen-bond donors (Lipinski definition) is 3. The topological polar surface area (TPSA) is 137 Å². The van der Waals surface area contributed by atoms with E-state index in [2.05, 4.69) is 10.1 Å². The van der Waals surface area contributed by atoms with Gasteiger partial charge in [0.2, 0.25) is 5.91 Å². The average molecular weight is 293 g/mol. The Morgan fingerprint density at radius 1 is 1.40 bits per heavy atom. The molecule has 0 spiro atoms. The summed E-state index contributed by atoms with van der Waals surface area (Å²) in [5.41, 5.74) is 9.98. The highest BCUT2D eigenvalue weighted by Crippen LogP contribution is 2.30. The highest BCUT2D eigenvalue weighted by molar-refractivity contribution is 7.99. The second-order valence-corrected chi connectivity index (χ2v) is 4.93. The number of nitrogens with two attached hydrogens (primary N) is 2. The zero-order valence-corrected chi connectivity index (χ0v) is 11.2. The molecule has 104 valence electrons. The second kappa shape index (κ2) is 5.21. The van der Waals surface area contributed by atoms with Crippen molar-refractivity contribution < 1.29 is 4.79 Å². The van der Waals surface area contributed by atoms with E-state index < -0.39 is 17.0 Å². The summed E-state index contributed by atoms with van der Waals surface area (Å²) in [4.78, 5) is 37.6. The molecule has 0 atom stereocenters. The molecule has 9 heteroatoms. The minimum Gasteiger partial charge on any atom is -0.398 e. The van der Waals surface area contributed by atoms with Crippen LogP contribution in [0.15, 0.2) is 37.8 Å². The van der Waals surface area contributed by atoms with Crippen molar-refractivity contribution in [1.29, 1.82) is 0 Å². The lowest BCUT2D eigenvalue weighted by Gasteiger charge is -2.08. The number of rotatable bonds is 3. The van der Waals surface area contributed by atoms with Gasteiger partial charge in [-0.05, 0) is 30.0 Å². The molecule has 0 fully saturated rings. The summed E-state index contributed by atoms with van der Waals surface area (Å²) in [6.07, 6.45) is 0. The molecule has 8 nitrogen and oxygen atoms in total. The fourth-order valence-electron chi connectivity index (χ4n) is 1.43. The van der Waals surface area contributed by atoms with Gasteiger partial charge in [-0.2, -0.15) is 4.98 Å². The van der Waals surface area contributed by atoms with Gasteiger partial charge >= 0.3 is 11.1 Å². The van der Waals surface area contributed by atoms with E-state index in [1.54, 1.807) is 0 Å². The summed E-state index contributed by atoms with van der Waals surface area (Å²) in [6.45, 7) is 0. The molecule has 0 bridgehead atoms. The molecular weight excluding hydrogens is 282 g/mol. The quantitative estimate of drug-likeness (QED) is 0.505. The smallest absolute Gasteiger partial charge is 0.339 e. The normalized spacial score (nSPS) is 10.4. The molecule has 1 aromatic heterocycles. The van der Waals surface area contributed by atoms with Gasteiger partial charge in [-0.1, -0.05) is 0 Å². The molecular formula is C11H11N5O3S. The zero-order chi connectivity index (χ0) is 14.9. The monoisotopic (exact) mass is 293 g/mol. The van der Waals surface area contributed by atoms with Gasteiger partial charge in [-0.3, -0.25) is 24.2 Å². The molecule has 0 aliphatic heterocycles. The van der Waals surface area contributed by atoms with Crippen LogP contribution in [-0.2, 0) is 7.05 Å². The first-order valence-corrected chi connectivity index (χ1v) is 6.24. The van der Waals surface area contributed by atoms with Crippen LogP contribution in [-0.4, -0.2) is 20.7 Å². The number of aromatic nitrogens is 3.